The third kappa shape index (κ3) is 1.44. The zero-order valence-electron chi connectivity index (χ0n) is 10.3. The van der Waals surface area contributed by atoms with Crippen LogP contribution in [0.25, 0.3) is 21.1 Å². The second-order valence-corrected chi connectivity index (χ2v) is 5.50. The number of benzene rings is 1. The molecule has 18 heavy (non-hydrogen) atoms. The highest BCUT2D eigenvalue weighted by molar-refractivity contribution is 7.17. The molecule has 0 fully saturated rings. The summed E-state index contributed by atoms with van der Waals surface area (Å²) >= 11 is 1.58. The van der Waals surface area contributed by atoms with E-state index in [9.17, 15) is 0 Å². The first-order valence-corrected chi connectivity index (χ1v) is 6.68. The maximum atomic E-state index is 6.11. The van der Waals surface area contributed by atoms with Crippen LogP contribution in [0.15, 0.2) is 17.6 Å². The SMILES string of the molecule is CC(C)c1c(N)ccc2nc(N)c3ncsc3c12. The van der Waals surface area contributed by atoms with Crippen molar-refractivity contribution >= 4 is 44.0 Å². The van der Waals surface area contributed by atoms with Gasteiger partial charge in [0.25, 0.3) is 0 Å². The van der Waals surface area contributed by atoms with Crippen molar-refractivity contribution < 1.29 is 0 Å². The molecule has 0 aliphatic carbocycles. The first-order chi connectivity index (χ1) is 8.59. The Morgan fingerprint density at radius 3 is 2.72 bits per heavy atom. The van der Waals surface area contributed by atoms with Gasteiger partial charge in [0, 0.05) is 11.1 Å². The summed E-state index contributed by atoms with van der Waals surface area (Å²) in [5.41, 5.74) is 17.5. The van der Waals surface area contributed by atoms with Gasteiger partial charge < -0.3 is 11.5 Å². The number of nitrogen functional groups attached to an aromatic ring is 2. The molecule has 0 saturated heterocycles. The fourth-order valence-electron chi connectivity index (χ4n) is 2.37. The van der Waals surface area contributed by atoms with Gasteiger partial charge in [-0.15, -0.1) is 11.3 Å². The molecule has 2 heterocycles. The van der Waals surface area contributed by atoms with Crippen molar-refractivity contribution in [3.8, 4) is 0 Å². The maximum Gasteiger partial charge on any atom is 0.151 e. The van der Waals surface area contributed by atoms with Gasteiger partial charge in [0.1, 0.15) is 5.52 Å². The van der Waals surface area contributed by atoms with Crippen LogP contribution in [-0.2, 0) is 0 Å². The average molecular weight is 258 g/mol. The molecule has 0 spiro atoms. The van der Waals surface area contributed by atoms with E-state index in [4.69, 9.17) is 11.5 Å². The van der Waals surface area contributed by atoms with Gasteiger partial charge in [0.15, 0.2) is 5.82 Å². The molecule has 0 atom stereocenters. The summed E-state index contributed by atoms with van der Waals surface area (Å²) in [7, 11) is 0. The number of thiazole rings is 1. The summed E-state index contributed by atoms with van der Waals surface area (Å²) in [5.74, 6) is 0.822. The lowest BCUT2D eigenvalue weighted by molar-refractivity contribution is 0.880. The Hall–Kier alpha value is -1.88. The predicted molar refractivity (Wildman–Crippen MR) is 77.8 cm³/mol. The van der Waals surface area contributed by atoms with Gasteiger partial charge in [-0.3, -0.25) is 0 Å². The number of fused-ring (bicyclic) bond motifs is 3. The lowest BCUT2D eigenvalue weighted by Gasteiger charge is -2.13. The van der Waals surface area contributed by atoms with Crippen LogP contribution in [0.4, 0.5) is 11.5 Å². The molecule has 4 nitrogen and oxygen atoms in total. The smallest absolute Gasteiger partial charge is 0.151 e. The zero-order valence-corrected chi connectivity index (χ0v) is 11.1. The van der Waals surface area contributed by atoms with Gasteiger partial charge in [-0.1, -0.05) is 13.8 Å². The lowest BCUT2D eigenvalue weighted by Crippen LogP contribution is -2.00. The molecule has 1 aromatic carbocycles. The fourth-order valence-corrected chi connectivity index (χ4v) is 3.23. The highest BCUT2D eigenvalue weighted by Gasteiger charge is 2.16. The van der Waals surface area contributed by atoms with Crippen LogP contribution >= 0.6 is 11.3 Å². The molecular weight excluding hydrogens is 244 g/mol. The molecule has 2 aromatic heterocycles. The molecule has 0 amide bonds. The number of hydrogen-bond donors (Lipinski definition) is 2. The van der Waals surface area contributed by atoms with E-state index >= 15 is 0 Å². The number of nitrogens with zero attached hydrogens (tertiary/aromatic N) is 2. The van der Waals surface area contributed by atoms with Crippen LogP contribution in [-0.4, -0.2) is 9.97 Å². The van der Waals surface area contributed by atoms with E-state index in [0.717, 1.165) is 32.4 Å². The topological polar surface area (TPSA) is 77.8 Å². The monoisotopic (exact) mass is 258 g/mol. The van der Waals surface area contributed by atoms with Crippen LogP contribution in [0.2, 0.25) is 0 Å². The Bertz CT molecular complexity index is 745. The Morgan fingerprint density at radius 2 is 2.00 bits per heavy atom. The minimum atomic E-state index is 0.337. The van der Waals surface area contributed by atoms with Crippen molar-refractivity contribution in [3.05, 3.63) is 23.2 Å². The van der Waals surface area contributed by atoms with Crippen LogP contribution < -0.4 is 11.5 Å². The zero-order chi connectivity index (χ0) is 12.9. The number of aromatic nitrogens is 2. The number of pyridine rings is 1. The predicted octanol–water partition coefficient (Wildman–Crippen LogP) is 3.13. The quantitative estimate of drug-likeness (QED) is 0.657. The summed E-state index contributed by atoms with van der Waals surface area (Å²) in [5, 5.41) is 1.09. The highest BCUT2D eigenvalue weighted by Crippen LogP contribution is 2.37. The second-order valence-electron chi connectivity index (χ2n) is 4.64. The minimum Gasteiger partial charge on any atom is -0.398 e. The van der Waals surface area contributed by atoms with Crippen molar-refractivity contribution in [2.45, 2.75) is 19.8 Å². The molecule has 0 bridgehead atoms. The molecule has 92 valence electrons. The molecule has 0 aliphatic heterocycles. The van der Waals surface area contributed by atoms with Gasteiger partial charge >= 0.3 is 0 Å². The highest BCUT2D eigenvalue weighted by atomic mass is 32.1. The van der Waals surface area contributed by atoms with Crippen LogP contribution in [0, 0.1) is 0 Å². The van der Waals surface area contributed by atoms with Gasteiger partial charge in [-0.05, 0) is 23.6 Å². The van der Waals surface area contributed by atoms with Crippen LogP contribution in [0.3, 0.4) is 0 Å². The fraction of sp³-hybridized carbons (Fsp3) is 0.231. The number of nitrogens with two attached hydrogens (primary N) is 2. The van der Waals surface area contributed by atoms with E-state index in [1.54, 1.807) is 16.8 Å². The van der Waals surface area contributed by atoms with Crippen molar-refractivity contribution in [2.24, 2.45) is 0 Å². The van der Waals surface area contributed by atoms with Crippen molar-refractivity contribution in [3.63, 3.8) is 0 Å². The standard InChI is InChI=1S/C13H14N4S/c1-6(2)9-7(14)3-4-8-10(9)12-11(13(15)17-8)16-5-18-12/h3-6H,14H2,1-2H3,(H2,15,17). The van der Waals surface area contributed by atoms with E-state index in [1.807, 2.05) is 12.1 Å². The number of anilines is 2. The van der Waals surface area contributed by atoms with E-state index in [1.165, 1.54) is 0 Å². The molecule has 0 radical (unpaired) electrons. The van der Waals surface area contributed by atoms with Crippen molar-refractivity contribution in [1.29, 1.82) is 0 Å². The maximum absolute atomic E-state index is 6.11. The van der Waals surface area contributed by atoms with E-state index in [2.05, 4.69) is 23.8 Å². The lowest BCUT2D eigenvalue weighted by atomic mass is 9.96. The Morgan fingerprint density at radius 1 is 1.22 bits per heavy atom. The Balaban J connectivity index is 2.60. The van der Waals surface area contributed by atoms with Crippen molar-refractivity contribution in [2.75, 3.05) is 11.5 Å². The van der Waals surface area contributed by atoms with Gasteiger partial charge in [0.05, 0.1) is 15.7 Å². The second kappa shape index (κ2) is 3.81. The molecular formula is C13H14N4S. The normalized spacial score (nSPS) is 11.7. The van der Waals surface area contributed by atoms with Gasteiger partial charge in [-0.25, -0.2) is 9.97 Å². The number of rotatable bonds is 1. The third-order valence-electron chi connectivity index (χ3n) is 3.11. The van der Waals surface area contributed by atoms with Gasteiger partial charge in [-0.2, -0.15) is 0 Å². The number of hydrogen-bond acceptors (Lipinski definition) is 5. The Labute approximate surface area is 109 Å². The molecule has 0 aliphatic rings. The van der Waals surface area contributed by atoms with E-state index in [-0.39, 0.29) is 0 Å². The van der Waals surface area contributed by atoms with E-state index < -0.39 is 0 Å². The third-order valence-corrected chi connectivity index (χ3v) is 3.96. The summed E-state index contributed by atoms with van der Waals surface area (Å²) in [6.07, 6.45) is 0. The molecule has 4 N–H and O–H groups in total. The molecule has 5 heteroatoms. The minimum absolute atomic E-state index is 0.337. The molecule has 3 aromatic rings. The van der Waals surface area contributed by atoms with Crippen LogP contribution in [0.5, 0.6) is 0 Å². The Kier molecular flexibility index (Phi) is 2.38. The average Bonchev–Trinajstić information content (AvgIpc) is 2.79. The van der Waals surface area contributed by atoms with Gasteiger partial charge in [0.2, 0.25) is 0 Å². The summed E-state index contributed by atoms with van der Waals surface area (Å²) < 4.78 is 1.08. The molecule has 0 saturated carbocycles. The first-order valence-electron chi connectivity index (χ1n) is 5.80. The summed E-state index contributed by atoms with van der Waals surface area (Å²) in [6.45, 7) is 4.27. The summed E-state index contributed by atoms with van der Waals surface area (Å²) in [4.78, 5) is 8.72. The van der Waals surface area contributed by atoms with Crippen LogP contribution in [0.1, 0.15) is 25.3 Å². The molecule has 3 rings (SSSR count). The first kappa shape index (κ1) is 11.2. The van der Waals surface area contributed by atoms with E-state index in [0.29, 0.717) is 11.7 Å². The largest absolute Gasteiger partial charge is 0.398 e. The molecule has 0 unspecified atom stereocenters. The summed E-state index contributed by atoms with van der Waals surface area (Å²) in [6, 6.07) is 3.82. The van der Waals surface area contributed by atoms with Crippen molar-refractivity contribution in [1.82, 2.24) is 9.97 Å².